The summed E-state index contributed by atoms with van der Waals surface area (Å²) in [6.45, 7) is 0. The number of urea groups is 1. The van der Waals surface area contributed by atoms with Crippen molar-refractivity contribution in [3.8, 4) is 5.75 Å². The van der Waals surface area contributed by atoms with E-state index >= 15 is 0 Å². The summed E-state index contributed by atoms with van der Waals surface area (Å²) in [5.74, 6) is -0.222. The van der Waals surface area contributed by atoms with Crippen molar-refractivity contribution in [1.82, 2.24) is 0 Å². The second-order valence-electron chi connectivity index (χ2n) is 7.83. The van der Waals surface area contributed by atoms with Crippen LogP contribution in [-0.2, 0) is 4.74 Å². The van der Waals surface area contributed by atoms with Gasteiger partial charge < -0.3 is 20.1 Å². The molecule has 36 heavy (non-hydrogen) atoms. The van der Waals surface area contributed by atoms with E-state index in [0.717, 1.165) is 16.0 Å². The Morgan fingerprint density at radius 3 is 1.94 bits per heavy atom. The van der Waals surface area contributed by atoms with Gasteiger partial charge in [-0.05, 0) is 53.8 Å². The number of carbonyl (C=O) groups excluding carboxylic acids is 2. The van der Waals surface area contributed by atoms with Gasteiger partial charge in [0.05, 0.1) is 7.11 Å². The lowest BCUT2D eigenvalue weighted by Crippen LogP contribution is -2.20. The molecule has 4 aromatic rings. The van der Waals surface area contributed by atoms with E-state index in [1.54, 1.807) is 30.0 Å². The zero-order valence-corrected chi connectivity index (χ0v) is 20.8. The van der Waals surface area contributed by atoms with Gasteiger partial charge in [-0.25, -0.2) is 9.59 Å². The summed E-state index contributed by atoms with van der Waals surface area (Å²) in [7, 11) is 1.31. The second-order valence-corrected chi connectivity index (χ2v) is 8.71. The van der Waals surface area contributed by atoms with Crippen molar-refractivity contribution in [2.24, 2.45) is 0 Å². The zero-order valence-electron chi connectivity index (χ0n) is 19.9. The first kappa shape index (κ1) is 24.9. The van der Waals surface area contributed by atoms with E-state index in [1.807, 2.05) is 91.2 Å². The summed E-state index contributed by atoms with van der Waals surface area (Å²) in [6.07, 6.45) is 1.53. The molecule has 7 heteroatoms. The van der Waals surface area contributed by atoms with Crippen molar-refractivity contribution in [3.63, 3.8) is 0 Å². The number of anilines is 2. The van der Waals surface area contributed by atoms with Crippen molar-refractivity contribution in [2.45, 2.75) is 11.0 Å². The lowest BCUT2D eigenvalue weighted by Gasteiger charge is -2.22. The van der Waals surface area contributed by atoms with Crippen LogP contribution in [0.15, 0.2) is 108 Å². The van der Waals surface area contributed by atoms with E-state index in [2.05, 4.69) is 10.6 Å². The fourth-order valence-corrected chi connectivity index (χ4v) is 4.14. The van der Waals surface area contributed by atoms with Crippen molar-refractivity contribution in [2.75, 3.05) is 24.0 Å². The van der Waals surface area contributed by atoms with Crippen molar-refractivity contribution < 1.29 is 19.1 Å². The van der Waals surface area contributed by atoms with E-state index in [-0.39, 0.29) is 5.56 Å². The van der Waals surface area contributed by atoms with Crippen LogP contribution in [0.5, 0.6) is 5.75 Å². The summed E-state index contributed by atoms with van der Waals surface area (Å²) < 4.78 is 11.4. The van der Waals surface area contributed by atoms with Gasteiger partial charge in [0.25, 0.3) is 0 Å². The average Bonchev–Trinajstić information content (AvgIpc) is 2.92. The molecule has 2 N–H and O–H groups in total. The Morgan fingerprint density at radius 2 is 1.36 bits per heavy atom. The number of carbonyl (C=O) groups is 2. The van der Waals surface area contributed by atoms with E-state index in [4.69, 9.17) is 9.47 Å². The molecule has 182 valence electrons. The van der Waals surface area contributed by atoms with E-state index in [1.165, 1.54) is 7.11 Å². The van der Waals surface area contributed by atoms with E-state index < -0.39 is 18.1 Å². The first-order valence-electron chi connectivity index (χ1n) is 11.3. The first-order valence-corrected chi connectivity index (χ1v) is 12.5. The monoisotopic (exact) mass is 498 g/mol. The van der Waals surface area contributed by atoms with Gasteiger partial charge in [0.15, 0.2) is 0 Å². The average molecular weight is 499 g/mol. The number of rotatable bonds is 8. The van der Waals surface area contributed by atoms with Crippen molar-refractivity contribution in [3.05, 3.63) is 120 Å². The molecule has 0 radical (unpaired) electrons. The SMILES string of the molecule is COC(=O)c1cc(NC(=O)Nc2cccc(SC)c2)ccc1OC(c1ccccc1)c1ccccc1. The Kier molecular flexibility index (Phi) is 8.26. The molecule has 6 nitrogen and oxygen atoms in total. The summed E-state index contributed by atoms with van der Waals surface area (Å²) in [5.41, 5.74) is 3.18. The van der Waals surface area contributed by atoms with Gasteiger partial charge in [0.2, 0.25) is 0 Å². The summed E-state index contributed by atoms with van der Waals surface area (Å²) in [6, 6.07) is 31.5. The Bertz CT molecular complexity index is 1290. The molecule has 0 aliphatic heterocycles. The minimum Gasteiger partial charge on any atom is -0.480 e. The van der Waals surface area contributed by atoms with Crippen LogP contribution in [0.3, 0.4) is 0 Å². The van der Waals surface area contributed by atoms with Gasteiger partial charge in [-0.15, -0.1) is 11.8 Å². The predicted octanol–water partition coefficient (Wildman–Crippen LogP) is 7.01. The fourth-order valence-electron chi connectivity index (χ4n) is 3.69. The Morgan fingerprint density at radius 1 is 0.750 bits per heavy atom. The molecular weight excluding hydrogens is 472 g/mol. The number of methoxy groups -OCH3 is 1. The van der Waals surface area contributed by atoms with Crippen LogP contribution < -0.4 is 15.4 Å². The number of nitrogens with one attached hydrogen (secondary N) is 2. The molecule has 0 heterocycles. The van der Waals surface area contributed by atoms with Crippen molar-refractivity contribution >= 4 is 35.1 Å². The van der Waals surface area contributed by atoms with Crippen LogP contribution in [0, 0.1) is 0 Å². The maximum atomic E-state index is 12.7. The van der Waals surface area contributed by atoms with Gasteiger partial charge in [-0.2, -0.15) is 0 Å². The third kappa shape index (κ3) is 6.25. The van der Waals surface area contributed by atoms with Crippen LogP contribution in [0.4, 0.5) is 16.2 Å². The molecule has 4 aromatic carbocycles. The highest BCUT2D eigenvalue weighted by Crippen LogP contribution is 2.32. The maximum Gasteiger partial charge on any atom is 0.341 e. The van der Waals surface area contributed by atoms with Crippen LogP contribution >= 0.6 is 11.8 Å². The Labute approximate surface area is 214 Å². The lowest BCUT2D eigenvalue weighted by atomic mass is 10.0. The summed E-state index contributed by atoms with van der Waals surface area (Å²) in [4.78, 5) is 26.3. The molecule has 0 atom stereocenters. The Hall–Kier alpha value is -4.23. The number of esters is 1. The third-order valence-electron chi connectivity index (χ3n) is 5.42. The molecule has 0 saturated heterocycles. The van der Waals surface area contributed by atoms with E-state index in [9.17, 15) is 9.59 Å². The van der Waals surface area contributed by atoms with Crippen LogP contribution in [-0.4, -0.2) is 25.4 Å². The molecular formula is C29H26N2O4S. The van der Waals surface area contributed by atoms with Crippen LogP contribution in [0.2, 0.25) is 0 Å². The molecule has 0 unspecified atom stereocenters. The number of hydrogen-bond acceptors (Lipinski definition) is 5. The number of hydrogen-bond donors (Lipinski definition) is 2. The minimum absolute atomic E-state index is 0.205. The highest BCUT2D eigenvalue weighted by molar-refractivity contribution is 7.98. The summed E-state index contributed by atoms with van der Waals surface area (Å²) in [5, 5.41) is 5.58. The molecule has 0 aliphatic carbocycles. The highest BCUT2D eigenvalue weighted by atomic mass is 32.2. The number of ether oxygens (including phenoxy) is 2. The van der Waals surface area contributed by atoms with Gasteiger partial charge in [0.1, 0.15) is 17.4 Å². The normalized spacial score (nSPS) is 10.5. The number of benzene rings is 4. The smallest absolute Gasteiger partial charge is 0.341 e. The Balaban J connectivity index is 1.59. The maximum absolute atomic E-state index is 12.7. The largest absolute Gasteiger partial charge is 0.480 e. The van der Waals surface area contributed by atoms with Crippen LogP contribution in [0.1, 0.15) is 27.6 Å². The van der Waals surface area contributed by atoms with Gasteiger partial charge in [-0.1, -0.05) is 66.7 Å². The topological polar surface area (TPSA) is 76.7 Å². The molecule has 0 aliphatic rings. The molecule has 4 rings (SSSR count). The summed E-state index contributed by atoms with van der Waals surface area (Å²) >= 11 is 1.59. The molecule has 0 spiro atoms. The molecule has 0 bridgehead atoms. The first-order chi connectivity index (χ1) is 17.6. The quantitative estimate of drug-likeness (QED) is 0.202. The predicted molar refractivity (Wildman–Crippen MR) is 144 cm³/mol. The van der Waals surface area contributed by atoms with Crippen molar-refractivity contribution in [1.29, 1.82) is 0 Å². The van der Waals surface area contributed by atoms with Crippen LogP contribution in [0.25, 0.3) is 0 Å². The molecule has 0 fully saturated rings. The fraction of sp³-hybridized carbons (Fsp3) is 0.103. The van der Waals surface area contributed by atoms with Gasteiger partial charge in [-0.3, -0.25) is 0 Å². The number of amides is 2. The third-order valence-corrected chi connectivity index (χ3v) is 6.15. The van der Waals surface area contributed by atoms with E-state index in [0.29, 0.717) is 17.1 Å². The standard InChI is InChI=1S/C29H26N2O4S/c1-34-28(32)25-19-23(31-29(33)30-22-14-9-15-24(18-22)36-2)16-17-26(25)35-27(20-10-5-3-6-11-20)21-12-7-4-8-13-21/h3-19,27H,1-2H3,(H2,30,31,33). The molecule has 2 amide bonds. The molecule has 0 aromatic heterocycles. The second kappa shape index (κ2) is 12.0. The molecule has 0 saturated carbocycles. The highest BCUT2D eigenvalue weighted by Gasteiger charge is 2.21. The minimum atomic E-state index is -0.568. The van der Waals surface area contributed by atoms with Gasteiger partial charge in [0, 0.05) is 16.3 Å². The number of thioether (sulfide) groups is 1. The van der Waals surface area contributed by atoms with Gasteiger partial charge >= 0.3 is 12.0 Å². The zero-order chi connectivity index (χ0) is 25.3. The lowest BCUT2D eigenvalue weighted by molar-refractivity contribution is 0.0594.